The number of carbonyl (C=O) groups is 1. The Hall–Kier alpha value is -2.93. The standard InChI is InChI=1S/C19H15N3O/c20-13-22-9-8-19(12-22)11-16-10-15(14-4-2-1-3-5-14)6-7-17(16)21-18(19)23/h1-7,10-11H,8-9,12H2/t19-/m1/s1. The molecule has 4 heteroatoms. The zero-order valence-corrected chi connectivity index (χ0v) is 12.6. The van der Waals surface area contributed by atoms with Gasteiger partial charge in [0, 0.05) is 13.1 Å². The van der Waals surface area contributed by atoms with Crippen molar-refractivity contribution in [2.24, 2.45) is 10.4 Å². The summed E-state index contributed by atoms with van der Waals surface area (Å²) >= 11 is 0. The maximum Gasteiger partial charge on any atom is 0.258 e. The molecule has 4 nitrogen and oxygen atoms in total. The predicted molar refractivity (Wildman–Crippen MR) is 86.4 cm³/mol. The maximum atomic E-state index is 12.5. The number of hydrogen-bond donors (Lipinski definition) is 0. The summed E-state index contributed by atoms with van der Waals surface area (Å²) in [6.07, 6.45) is 4.80. The van der Waals surface area contributed by atoms with E-state index in [1.165, 1.54) is 0 Å². The molecule has 4 rings (SSSR count). The number of rotatable bonds is 1. The molecule has 23 heavy (non-hydrogen) atoms. The Morgan fingerprint density at radius 3 is 2.70 bits per heavy atom. The minimum Gasteiger partial charge on any atom is -0.309 e. The molecule has 2 aliphatic heterocycles. The van der Waals surface area contributed by atoms with Crippen LogP contribution in [0.1, 0.15) is 6.42 Å². The van der Waals surface area contributed by atoms with Crippen LogP contribution in [0.5, 0.6) is 0 Å². The Morgan fingerprint density at radius 2 is 1.96 bits per heavy atom. The molecule has 2 aliphatic rings. The summed E-state index contributed by atoms with van der Waals surface area (Å²) in [7, 11) is 0. The number of nitriles is 1. The van der Waals surface area contributed by atoms with E-state index in [4.69, 9.17) is 5.26 Å². The summed E-state index contributed by atoms with van der Waals surface area (Å²) in [5.74, 6) is -0.129. The molecule has 1 saturated heterocycles. The van der Waals surface area contributed by atoms with Crippen molar-refractivity contribution in [3.05, 3.63) is 59.1 Å². The number of likely N-dealkylation sites (tertiary alicyclic amines) is 1. The van der Waals surface area contributed by atoms with Gasteiger partial charge in [-0.25, -0.2) is 4.99 Å². The molecule has 0 radical (unpaired) electrons. The van der Waals surface area contributed by atoms with E-state index in [-0.39, 0.29) is 5.91 Å². The molecule has 1 amide bonds. The van der Waals surface area contributed by atoms with Gasteiger partial charge >= 0.3 is 0 Å². The molecule has 2 aromatic rings. The summed E-state index contributed by atoms with van der Waals surface area (Å²) in [6, 6.07) is 16.1. The van der Waals surface area contributed by atoms with Gasteiger partial charge in [0.25, 0.3) is 5.91 Å². The van der Waals surface area contributed by atoms with Crippen molar-refractivity contribution in [3.63, 3.8) is 0 Å². The molecule has 112 valence electrons. The third kappa shape index (κ3) is 2.22. The maximum absolute atomic E-state index is 12.5. The molecule has 0 aliphatic carbocycles. The van der Waals surface area contributed by atoms with Crippen LogP contribution in [-0.4, -0.2) is 23.9 Å². The van der Waals surface area contributed by atoms with Crippen LogP contribution in [0.4, 0.5) is 0 Å². The van der Waals surface area contributed by atoms with Crippen LogP contribution in [0, 0.1) is 16.9 Å². The fraction of sp³-hybridized carbons (Fsp3) is 0.211. The lowest BCUT2D eigenvalue weighted by molar-refractivity contribution is -0.124. The molecule has 2 aromatic carbocycles. The number of fused-ring (bicyclic) bond motifs is 1. The van der Waals surface area contributed by atoms with E-state index >= 15 is 0 Å². The van der Waals surface area contributed by atoms with Crippen molar-refractivity contribution in [1.29, 1.82) is 5.26 Å². The fourth-order valence-electron chi connectivity index (χ4n) is 3.37. The summed E-state index contributed by atoms with van der Waals surface area (Å²) < 4.78 is 0. The van der Waals surface area contributed by atoms with Crippen LogP contribution >= 0.6 is 0 Å². The van der Waals surface area contributed by atoms with Crippen LogP contribution < -0.4 is 10.6 Å². The molecule has 2 heterocycles. The first-order valence-corrected chi connectivity index (χ1v) is 7.66. The summed E-state index contributed by atoms with van der Waals surface area (Å²) in [6.45, 7) is 1.04. The second kappa shape index (κ2) is 5.06. The number of hydrogen-bond acceptors (Lipinski definition) is 3. The highest BCUT2D eigenvalue weighted by Crippen LogP contribution is 2.34. The second-order valence-corrected chi connectivity index (χ2v) is 6.13. The topological polar surface area (TPSA) is 56.5 Å². The molecule has 0 saturated carbocycles. The number of benzene rings is 2. The van der Waals surface area contributed by atoms with Gasteiger partial charge in [-0.3, -0.25) is 4.79 Å². The van der Waals surface area contributed by atoms with E-state index in [1.807, 2.05) is 36.4 Å². The molecule has 0 unspecified atom stereocenters. The van der Waals surface area contributed by atoms with Crippen LogP contribution in [0.2, 0.25) is 0 Å². The molecular weight excluding hydrogens is 286 g/mol. The third-order valence-corrected chi connectivity index (χ3v) is 4.66. The summed E-state index contributed by atoms with van der Waals surface area (Å²) in [4.78, 5) is 18.4. The van der Waals surface area contributed by atoms with Gasteiger partial charge in [0.1, 0.15) is 0 Å². The zero-order chi connectivity index (χ0) is 15.9. The Kier molecular flexibility index (Phi) is 3.02. The minimum absolute atomic E-state index is 0.129. The molecule has 1 spiro atoms. The smallest absolute Gasteiger partial charge is 0.258 e. The van der Waals surface area contributed by atoms with E-state index in [0.29, 0.717) is 19.5 Å². The van der Waals surface area contributed by atoms with Crippen molar-refractivity contribution in [3.8, 4) is 17.3 Å². The lowest BCUT2D eigenvalue weighted by Crippen LogP contribution is -2.41. The van der Waals surface area contributed by atoms with Gasteiger partial charge in [-0.2, -0.15) is 5.26 Å². The van der Waals surface area contributed by atoms with Gasteiger partial charge in [-0.05, 0) is 34.9 Å². The second-order valence-electron chi connectivity index (χ2n) is 6.13. The first-order chi connectivity index (χ1) is 11.2. The highest BCUT2D eigenvalue weighted by atomic mass is 16.1. The Labute approximate surface area is 134 Å². The lowest BCUT2D eigenvalue weighted by Gasteiger charge is -2.22. The molecular formula is C19H15N3O. The Balaban J connectivity index is 1.85. The van der Waals surface area contributed by atoms with Gasteiger partial charge in [0.2, 0.25) is 0 Å². The minimum atomic E-state index is -0.641. The van der Waals surface area contributed by atoms with Crippen LogP contribution in [0.25, 0.3) is 17.2 Å². The molecule has 1 atom stereocenters. The van der Waals surface area contributed by atoms with E-state index in [1.54, 1.807) is 4.90 Å². The van der Waals surface area contributed by atoms with Crippen molar-refractivity contribution in [2.45, 2.75) is 6.42 Å². The summed E-state index contributed by atoms with van der Waals surface area (Å²) in [5, 5.41) is 10.8. The van der Waals surface area contributed by atoms with Crippen LogP contribution in [0.3, 0.4) is 0 Å². The van der Waals surface area contributed by atoms with Crippen molar-refractivity contribution in [2.75, 3.05) is 13.1 Å². The van der Waals surface area contributed by atoms with Gasteiger partial charge in [0.15, 0.2) is 6.19 Å². The molecule has 0 bridgehead atoms. The predicted octanol–water partition coefficient (Wildman–Crippen LogP) is 1.47. The monoisotopic (exact) mass is 301 g/mol. The first-order valence-electron chi connectivity index (χ1n) is 7.66. The molecule has 0 N–H and O–H groups in total. The molecule has 0 aromatic heterocycles. The lowest BCUT2D eigenvalue weighted by atomic mass is 9.83. The number of nitrogens with zero attached hydrogens (tertiary/aromatic N) is 3. The summed E-state index contributed by atoms with van der Waals surface area (Å²) in [5.41, 5.74) is 1.60. The van der Waals surface area contributed by atoms with Gasteiger partial charge in [0.05, 0.1) is 10.8 Å². The normalized spacial score (nSPS) is 22.2. The third-order valence-electron chi connectivity index (χ3n) is 4.66. The first kappa shape index (κ1) is 13.7. The fourth-order valence-corrected chi connectivity index (χ4v) is 3.37. The zero-order valence-electron chi connectivity index (χ0n) is 12.6. The average Bonchev–Trinajstić information content (AvgIpc) is 3.01. The number of carbonyl (C=O) groups excluding carboxylic acids is 1. The highest BCUT2D eigenvalue weighted by Gasteiger charge is 2.43. The Morgan fingerprint density at radius 1 is 1.13 bits per heavy atom. The van der Waals surface area contributed by atoms with E-state index < -0.39 is 5.41 Å². The average molecular weight is 301 g/mol. The molecule has 1 fully saturated rings. The van der Waals surface area contributed by atoms with E-state index in [0.717, 1.165) is 21.7 Å². The number of amides is 1. The van der Waals surface area contributed by atoms with Crippen molar-refractivity contribution in [1.82, 2.24) is 4.90 Å². The van der Waals surface area contributed by atoms with Gasteiger partial charge in [-0.1, -0.05) is 42.5 Å². The van der Waals surface area contributed by atoms with Crippen LogP contribution in [0.15, 0.2) is 53.5 Å². The van der Waals surface area contributed by atoms with Crippen molar-refractivity contribution >= 4 is 12.0 Å². The Bertz CT molecular complexity index is 943. The van der Waals surface area contributed by atoms with Crippen LogP contribution in [-0.2, 0) is 4.79 Å². The quantitative estimate of drug-likeness (QED) is 0.750. The van der Waals surface area contributed by atoms with E-state index in [2.05, 4.69) is 29.4 Å². The largest absolute Gasteiger partial charge is 0.309 e. The highest BCUT2D eigenvalue weighted by molar-refractivity contribution is 5.91. The SMILES string of the molecule is N#CN1CC[C@@]2(C=c3cc(-c4ccccc4)ccc3=NC2=O)C1. The van der Waals surface area contributed by atoms with E-state index in [9.17, 15) is 4.79 Å². The van der Waals surface area contributed by atoms with Crippen molar-refractivity contribution < 1.29 is 4.79 Å². The van der Waals surface area contributed by atoms with Gasteiger partial charge in [-0.15, -0.1) is 0 Å². The van der Waals surface area contributed by atoms with Gasteiger partial charge < -0.3 is 4.90 Å².